The first-order valence-electron chi connectivity index (χ1n) is 9.80. The molecular weight excluding hydrogens is 310 g/mol. The first kappa shape index (κ1) is 18.4. The quantitative estimate of drug-likeness (QED) is 0.827. The number of rotatable bonds is 7. The normalized spacial score (nSPS) is 24.9. The number of nitrogens with one attached hydrogen (secondary N) is 1. The molecule has 0 aromatic heterocycles. The minimum Gasteiger partial charge on any atom is -0.352 e. The van der Waals surface area contributed by atoms with Crippen LogP contribution in [0.4, 0.5) is 0 Å². The van der Waals surface area contributed by atoms with Gasteiger partial charge in [-0.05, 0) is 38.4 Å². The summed E-state index contributed by atoms with van der Waals surface area (Å²) in [6.07, 6.45) is 5.80. The summed E-state index contributed by atoms with van der Waals surface area (Å²) in [7, 11) is 4.24. The molecule has 1 aromatic rings. The summed E-state index contributed by atoms with van der Waals surface area (Å²) in [5, 5.41) is 3.37. The molecule has 1 amide bonds. The molecule has 1 heterocycles. The molecule has 4 heteroatoms. The third-order valence-electron chi connectivity index (χ3n) is 5.66. The Morgan fingerprint density at radius 1 is 1.16 bits per heavy atom. The van der Waals surface area contributed by atoms with Crippen LogP contribution >= 0.6 is 0 Å². The van der Waals surface area contributed by atoms with Crippen molar-refractivity contribution in [1.82, 2.24) is 15.1 Å². The average Bonchev–Trinajstić information content (AvgIpc) is 3.18. The molecule has 0 unspecified atom stereocenters. The largest absolute Gasteiger partial charge is 0.352 e. The molecule has 1 saturated carbocycles. The lowest BCUT2D eigenvalue weighted by Crippen LogP contribution is -2.43. The van der Waals surface area contributed by atoms with E-state index in [0.29, 0.717) is 11.8 Å². The summed E-state index contributed by atoms with van der Waals surface area (Å²) in [4.78, 5) is 17.2. The van der Waals surface area contributed by atoms with E-state index in [1.807, 2.05) is 0 Å². The van der Waals surface area contributed by atoms with Crippen molar-refractivity contribution in [2.24, 2.45) is 11.8 Å². The van der Waals surface area contributed by atoms with Crippen LogP contribution in [0.1, 0.15) is 37.7 Å². The molecule has 138 valence electrons. The summed E-state index contributed by atoms with van der Waals surface area (Å²) in [5.74, 6) is 1.39. The zero-order valence-electron chi connectivity index (χ0n) is 15.8. The van der Waals surface area contributed by atoms with Crippen LogP contribution in [0.15, 0.2) is 30.3 Å². The average molecular weight is 344 g/mol. The van der Waals surface area contributed by atoms with Crippen molar-refractivity contribution in [1.29, 1.82) is 0 Å². The smallest absolute Gasteiger partial charge is 0.220 e. The molecule has 1 aliphatic carbocycles. The molecular formula is C21H33N3O. The number of hydrogen-bond acceptors (Lipinski definition) is 3. The van der Waals surface area contributed by atoms with Crippen LogP contribution < -0.4 is 5.32 Å². The Balaban J connectivity index is 1.56. The molecule has 1 aromatic carbocycles. The Morgan fingerprint density at radius 2 is 1.88 bits per heavy atom. The van der Waals surface area contributed by atoms with Crippen LogP contribution in [-0.2, 0) is 11.3 Å². The predicted octanol–water partition coefficient (Wildman–Crippen LogP) is 2.75. The molecule has 2 atom stereocenters. The van der Waals surface area contributed by atoms with E-state index < -0.39 is 0 Å². The van der Waals surface area contributed by atoms with Crippen molar-refractivity contribution < 1.29 is 4.79 Å². The van der Waals surface area contributed by atoms with Gasteiger partial charge in [-0.15, -0.1) is 0 Å². The molecule has 0 bridgehead atoms. The van der Waals surface area contributed by atoms with Crippen LogP contribution in [-0.4, -0.2) is 55.5 Å². The lowest BCUT2D eigenvalue weighted by atomic mass is 10.0. The van der Waals surface area contributed by atoms with Gasteiger partial charge in [0, 0.05) is 44.6 Å². The second kappa shape index (κ2) is 8.81. The van der Waals surface area contributed by atoms with E-state index in [-0.39, 0.29) is 11.9 Å². The van der Waals surface area contributed by atoms with E-state index in [0.717, 1.165) is 32.6 Å². The number of hydrogen-bond donors (Lipinski definition) is 1. The van der Waals surface area contributed by atoms with Gasteiger partial charge in [0.25, 0.3) is 0 Å². The van der Waals surface area contributed by atoms with Crippen molar-refractivity contribution in [2.45, 2.75) is 44.7 Å². The molecule has 0 spiro atoms. The highest BCUT2D eigenvalue weighted by molar-refractivity contribution is 5.76. The molecule has 3 rings (SSSR count). The molecule has 1 aliphatic heterocycles. The number of likely N-dealkylation sites (tertiary alicyclic amines) is 1. The van der Waals surface area contributed by atoms with Gasteiger partial charge < -0.3 is 10.2 Å². The van der Waals surface area contributed by atoms with Gasteiger partial charge in [-0.3, -0.25) is 9.69 Å². The van der Waals surface area contributed by atoms with E-state index >= 15 is 0 Å². The topological polar surface area (TPSA) is 35.6 Å². The van der Waals surface area contributed by atoms with Gasteiger partial charge in [-0.25, -0.2) is 0 Å². The lowest BCUT2D eigenvalue weighted by molar-refractivity contribution is -0.122. The highest BCUT2D eigenvalue weighted by Gasteiger charge is 2.34. The SMILES string of the molecule is CN(C)C[C@@H]1CN(Cc2ccccc2)C[C@H]1NC(=O)CC1CCCC1. The fourth-order valence-electron chi connectivity index (χ4n) is 4.49. The van der Waals surface area contributed by atoms with Crippen molar-refractivity contribution in [3.05, 3.63) is 35.9 Å². The molecule has 25 heavy (non-hydrogen) atoms. The van der Waals surface area contributed by atoms with Gasteiger partial charge >= 0.3 is 0 Å². The van der Waals surface area contributed by atoms with Crippen molar-refractivity contribution in [3.63, 3.8) is 0 Å². The predicted molar refractivity (Wildman–Crippen MR) is 102 cm³/mol. The minimum absolute atomic E-state index is 0.266. The number of carbonyl (C=O) groups is 1. The highest BCUT2D eigenvalue weighted by atomic mass is 16.1. The second-order valence-corrected chi connectivity index (χ2v) is 8.23. The summed E-state index contributed by atoms with van der Waals surface area (Å²) >= 11 is 0. The number of nitrogens with zero attached hydrogens (tertiary/aromatic N) is 2. The lowest BCUT2D eigenvalue weighted by Gasteiger charge is -2.23. The zero-order chi connectivity index (χ0) is 17.6. The van der Waals surface area contributed by atoms with E-state index in [4.69, 9.17) is 0 Å². The van der Waals surface area contributed by atoms with Gasteiger partial charge in [-0.2, -0.15) is 0 Å². The van der Waals surface area contributed by atoms with Gasteiger partial charge in [0.05, 0.1) is 0 Å². The third-order valence-corrected chi connectivity index (χ3v) is 5.66. The van der Waals surface area contributed by atoms with E-state index in [2.05, 4.69) is 59.5 Å². The van der Waals surface area contributed by atoms with Gasteiger partial charge in [0.2, 0.25) is 5.91 Å². The Hall–Kier alpha value is -1.39. The van der Waals surface area contributed by atoms with Crippen LogP contribution in [0.2, 0.25) is 0 Å². The highest BCUT2D eigenvalue weighted by Crippen LogP contribution is 2.28. The number of carbonyl (C=O) groups excluding carboxylic acids is 1. The van der Waals surface area contributed by atoms with Crippen LogP contribution in [0.5, 0.6) is 0 Å². The molecule has 4 nitrogen and oxygen atoms in total. The van der Waals surface area contributed by atoms with E-state index in [1.165, 1.54) is 31.2 Å². The van der Waals surface area contributed by atoms with Gasteiger partial charge in [-0.1, -0.05) is 43.2 Å². The fraction of sp³-hybridized carbons (Fsp3) is 0.667. The maximum absolute atomic E-state index is 12.5. The Bertz CT molecular complexity index is 539. The second-order valence-electron chi connectivity index (χ2n) is 8.23. The molecule has 1 N–H and O–H groups in total. The zero-order valence-corrected chi connectivity index (χ0v) is 15.8. The van der Waals surface area contributed by atoms with Gasteiger partial charge in [0.15, 0.2) is 0 Å². The van der Waals surface area contributed by atoms with E-state index in [1.54, 1.807) is 0 Å². The van der Waals surface area contributed by atoms with Crippen LogP contribution in [0, 0.1) is 11.8 Å². The maximum Gasteiger partial charge on any atom is 0.220 e. The van der Waals surface area contributed by atoms with Crippen LogP contribution in [0.3, 0.4) is 0 Å². The van der Waals surface area contributed by atoms with Crippen LogP contribution in [0.25, 0.3) is 0 Å². The standard InChI is InChI=1S/C21H33N3O/c1-23(2)14-19-15-24(13-18-10-4-3-5-11-18)16-20(19)22-21(25)12-17-8-6-7-9-17/h3-5,10-11,17,19-20H,6-9,12-16H2,1-2H3,(H,22,25)/t19-,20-/m1/s1. The summed E-state index contributed by atoms with van der Waals surface area (Å²) in [6.45, 7) is 4.02. The summed E-state index contributed by atoms with van der Waals surface area (Å²) in [6, 6.07) is 10.9. The number of amides is 1. The fourth-order valence-corrected chi connectivity index (χ4v) is 4.49. The number of benzene rings is 1. The Morgan fingerprint density at radius 3 is 2.56 bits per heavy atom. The molecule has 2 fully saturated rings. The van der Waals surface area contributed by atoms with E-state index in [9.17, 15) is 4.79 Å². The maximum atomic E-state index is 12.5. The van der Waals surface area contributed by atoms with Crippen molar-refractivity contribution in [3.8, 4) is 0 Å². The minimum atomic E-state index is 0.266. The van der Waals surface area contributed by atoms with Gasteiger partial charge in [0.1, 0.15) is 0 Å². The summed E-state index contributed by atoms with van der Waals surface area (Å²) < 4.78 is 0. The Kier molecular flexibility index (Phi) is 6.49. The molecule has 0 radical (unpaired) electrons. The molecule has 1 saturated heterocycles. The Labute approximate surface area is 152 Å². The first-order valence-corrected chi connectivity index (χ1v) is 9.80. The van der Waals surface area contributed by atoms with Crippen molar-refractivity contribution >= 4 is 5.91 Å². The molecule has 2 aliphatic rings. The first-order chi connectivity index (χ1) is 12.1. The third kappa shape index (κ3) is 5.55. The summed E-state index contributed by atoms with van der Waals surface area (Å²) in [5.41, 5.74) is 1.35. The van der Waals surface area contributed by atoms with Crippen molar-refractivity contribution in [2.75, 3.05) is 33.7 Å². The monoisotopic (exact) mass is 343 g/mol.